The van der Waals surface area contributed by atoms with Gasteiger partial charge in [-0.15, -0.1) is 0 Å². The molecule has 10 unspecified atom stereocenters. The molecule has 2 heterocycles. The summed E-state index contributed by atoms with van der Waals surface area (Å²) < 4.78 is 32.7. The summed E-state index contributed by atoms with van der Waals surface area (Å²) in [6.07, 6.45) is 20.8. The van der Waals surface area contributed by atoms with Crippen LogP contribution in [-0.4, -0.2) is 124 Å². The molecule has 2 aliphatic heterocycles. The van der Waals surface area contributed by atoms with E-state index >= 15 is 0 Å². The average Bonchev–Trinajstić information content (AvgIpc) is 1.13. The fraction of sp³-hybridized carbons (Fsp3) is 0.667. The van der Waals surface area contributed by atoms with E-state index in [1.165, 1.54) is 38.5 Å². The molecule has 10 atom stereocenters. The van der Waals surface area contributed by atoms with Crippen molar-refractivity contribution in [1.29, 1.82) is 0 Å². The Morgan fingerprint density at radius 2 is 0.875 bits per heavy atom. The topological polar surface area (TPSA) is 333 Å². The first kappa shape index (κ1) is 71.8. The molecule has 0 saturated heterocycles. The average molecular weight is 1260 g/mol. The summed E-state index contributed by atoms with van der Waals surface area (Å²) >= 11 is 0. The van der Waals surface area contributed by atoms with Crippen LogP contribution in [0.15, 0.2) is 71.9 Å². The van der Waals surface area contributed by atoms with Crippen molar-refractivity contribution >= 4 is 59.7 Å². The SMILES string of the molecule is C=C1CCC2C(C)(COC(=O)CCC(=O)O)C(OC(=O)CCC(=O)O)CCC2(C)C1/C=C/C1=CCOC1=O.C=C1CCC2C(C)(COC(=O)CCC(=O)O)C(OC(=O)CCC(=O)O)CCC2(C)C1/C=C/C1=CCOC1=O.NC12CC3CC(CC(C3)C1)C2.[K+]. The number of esters is 6. The van der Waals surface area contributed by atoms with E-state index in [0.29, 0.717) is 68.1 Å². The summed E-state index contributed by atoms with van der Waals surface area (Å²) in [7, 11) is 0. The van der Waals surface area contributed by atoms with Crippen LogP contribution in [0.5, 0.6) is 0 Å². The summed E-state index contributed by atoms with van der Waals surface area (Å²) in [5.74, 6) is -5.04. The number of carboxylic acids is 4. The van der Waals surface area contributed by atoms with Gasteiger partial charge in [-0.2, -0.15) is 0 Å². The van der Waals surface area contributed by atoms with Gasteiger partial charge in [0.15, 0.2) is 0 Å². The first-order valence-corrected chi connectivity index (χ1v) is 30.8. The molecule has 0 radical (unpaired) electrons. The fourth-order valence-corrected chi connectivity index (χ4v) is 16.8. The smallest absolute Gasteiger partial charge is 0.481 e. The Labute approximate surface area is 557 Å². The van der Waals surface area contributed by atoms with Crippen LogP contribution in [-0.2, 0) is 76.4 Å². The van der Waals surface area contributed by atoms with Crippen LogP contribution in [0.3, 0.4) is 0 Å². The molecular weight excluding hydrogens is 1170 g/mol. The summed E-state index contributed by atoms with van der Waals surface area (Å²) in [5, 5.41) is 35.7. The van der Waals surface area contributed by atoms with E-state index in [2.05, 4.69) is 27.0 Å². The molecule has 8 saturated carbocycles. The molecule has 0 aromatic carbocycles. The number of carboxylic acid groups (broad SMARTS) is 4. The van der Waals surface area contributed by atoms with E-state index in [0.717, 1.165) is 28.9 Å². The Kier molecular flexibility index (Phi) is 25.1. The minimum atomic E-state index is -1.11. The molecular formula is C66H89KNO20+. The molecule has 6 N–H and O–H groups in total. The minimum Gasteiger partial charge on any atom is -0.481 e. The molecule has 0 spiro atoms. The van der Waals surface area contributed by atoms with Gasteiger partial charge in [0.2, 0.25) is 0 Å². The van der Waals surface area contributed by atoms with E-state index in [4.69, 9.17) is 54.6 Å². The number of rotatable bonds is 22. The standard InChI is InChI=1S/2C28H36O10.C10H17N.K/c2*1-17-4-7-20-27(2,19(17)6-5-18-13-15-36-26(18)35)14-12-21(38-25(34)11-9-23(31)32)28(20,3)16-37-24(33)10-8-22(29)30;11-10-4-7-1-8(5-10)3-9(2-7)6-10;/h2*5-6,13,19-21H,1,4,7-12,14-16H2,2-3H3,(H,29,30)(H,31,32);7-9H,1-6,11H2;/q;;;+1/b2*6-5+;;. The number of nitrogens with two attached hydrogens (primary N) is 1. The number of carbonyl (C=O) groups excluding carboxylic acids is 6. The summed E-state index contributed by atoms with van der Waals surface area (Å²) in [4.78, 5) is 117. The second-order valence-corrected chi connectivity index (χ2v) is 26.9. The van der Waals surface area contributed by atoms with Crippen LogP contribution in [0.4, 0.5) is 0 Å². The normalized spacial score (nSPS) is 34.1. The molecule has 478 valence electrons. The zero-order chi connectivity index (χ0) is 63.6. The van der Waals surface area contributed by atoms with E-state index in [1.807, 2.05) is 26.0 Å². The molecule has 22 heteroatoms. The maximum Gasteiger partial charge on any atom is 1.00 e. The number of aliphatic carboxylic acids is 4. The van der Waals surface area contributed by atoms with Crippen LogP contribution in [0.25, 0.3) is 0 Å². The van der Waals surface area contributed by atoms with Gasteiger partial charge in [-0.25, -0.2) is 9.59 Å². The van der Waals surface area contributed by atoms with E-state index < -0.39 is 70.8 Å². The maximum atomic E-state index is 12.5. The van der Waals surface area contributed by atoms with Crippen molar-refractivity contribution in [2.24, 2.45) is 68.8 Å². The molecule has 4 bridgehead atoms. The fourth-order valence-electron chi connectivity index (χ4n) is 16.8. The van der Waals surface area contributed by atoms with Gasteiger partial charge >= 0.3 is 111 Å². The predicted octanol–water partition coefficient (Wildman–Crippen LogP) is 6.12. The van der Waals surface area contributed by atoms with Crippen molar-refractivity contribution in [2.75, 3.05) is 26.4 Å². The van der Waals surface area contributed by atoms with Gasteiger partial charge in [0.05, 0.1) is 62.5 Å². The van der Waals surface area contributed by atoms with Gasteiger partial charge in [-0.05, 0) is 142 Å². The first-order valence-electron chi connectivity index (χ1n) is 30.8. The van der Waals surface area contributed by atoms with Crippen molar-refractivity contribution < 1.29 is 148 Å². The zero-order valence-corrected chi connectivity index (χ0v) is 55.0. The van der Waals surface area contributed by atoms with Crippen molar-refractivity contribution in [3.05, 3.63) is 71.9 Å². The maximum absolute atomic E-state index is 12.5. The van der Waals surface area contributed by atoms with Crippen LogP contribution >= 0.6 is 0 Å². The molecule has 10 rings (SSSR count). The van der Waals surface area contributed by atoms with Crippen molar-refractivity contribution in [1.82, 2.24) is 0 Å². The summed E-state index contributed by atoms with van der Waals surface area (Å²) in [6, 6.07) is 0. The van der Waals surface area contributed by atoms with E-state index in [1.54, 1.807) is 24.3 Å². The largest absolute Gasteiger partial charge is 1.00 e. The minimum absolute atomic E-state index is 0. The van der Waals surface area contributed by atoms with E-state index in [-0.39, 0.29) is 176 Å². The van der Waals surface area contributed by atoms with Gasteiger partial charge in [-0.1, -0.05) is 76.3 Å². The Morgan fingerprint density at radius 3 is 1.17 bits per heavy atom. The number of hydrogen-bond donors (Lipinski definition) is 5. The van der Waals surface area contributed by atoms with Crippen LogP contribution in [0.2, 0.25) is 0 Å². The molecule has 10 aliphatic rings. The van der Waals surface area contributed by atoms with E-state index in [9.17, 15) is 47.9 Å². The second kappa shape index (κ2) is 30.7. The molecule has 0 aromatic heterocycles. The molecule has 8 fully saturated rings. The molecule has 0 aromatic rings. The number of cyclic esters (lactones) is 2. The van der Waals surface area contributed by atoms with Gasteiger partial charge in [0, 0.05) is 28.2 Å². The summed E-state index contributed by atoms with van der Waals surface area (Å²) in [5.41, 5.74) is 7.28. The van der Waals surface area contributed by atoms with Gasteiger partial charge in [-0.3, -0.25) is 38.4 Å². The summed E-state index contributed by atoms with van der Waals surface area (Å²) in [6.45, 7) is 17.0. The Bertz CT molecular complexity index is 2630. The van der Waals surface area contributed by atoms with Crippen LogP contribution < -0.4 is 57.1 Å². The molecule has 0 amide bonds. The first-order chi connectivity index (χ1) is 41.0. The van der Waals surface area contributed by atoms with Crippen molar-refractivity contribution in [3.8, 4) is 0 Å². The number of allylic oxidation sites excluding steroid dienone is 4. The second-order valence-electron chi connectivity index (χ2n) is 26.9. The predicted molar refractivity (Wildman–Crippen MR) is 312 cm³/mol. The van der Waals surface area contributed by atoms with Crippen molar-refractivity contribution in [2.45, 2.75) is 187 Å². The third kappa shape index (κ3) is 17.8. The number of fused-ring (bicyclic) bond motifs is 2. The monoisotopic (exact) mass is 1250 g/mol. The Balaban J connectivity index is 0.000000235. The number of ether oxygens (including phenoxy) is 6. The van der Waals surface area contributed by atoms with Gasteiger partial charge in [0.1, 0.15) is 38.6 Å². The quantitative estimate of drug-likeness (QED) is 0.0353. The van der Waals surface area contributed by atoms with Crippen LogP contribution in [0.1, 0.15) is 169 Å². The molecule has 21 nitrogen and oxygen atoms in total. The Morgan fingerprint density at radius 1 is 0.545 bits per heavy atom. The number of carbonyl (C=O) groups is 10. The molecule has 8 aliphatic carbocycles. The number of hydrogen-bond acceptors (Lipinski definition) is 17. The zero-order valence-electron chi connectivity index (χ0n) is 51.9. The van der Waals surface area contributed by atoms with Gasteiger partial charge in [0.25, 0.3) is 0 Å². The Hall–Kier alpha value is -5.26. The third-order valence-corrected chi connectivity index (χ3v) is 20.7. The molecule has 88 heavy (non-hydrogen) atoms. The van der Waals surface area contributed by atoms with Gasteiger partial charge < -0.3 is 54.6 Å². The van der Waals surface area contributed by atoms with Crippen molar-refractivity contribution in [3.63, 3.8) is 0 Å². The van der Waals surface area contributed by atoms with Crippen LogP contribution in [0, 0.1) is 63.1 Å². The third-order valence-electron chi connectivity index (χ3n) is 20.7.